The van der Waals surface area contributed by atoms with Crippen LogP contribution in [0.15, 0.2) is 29.1 Å². The van der Waals surface area contributed by atoms with Crippen molar-refractivity contribution in [2.75, 3.05) is 19.0 Å². The molecule has 26 heavy (non-hydrogen) atoms. The molecular formula is C19H24N4O3. The quantitative estimate of drug-likeness (QED) is 0.801. The Kier molecular flexibility index (Phi) is 5.25. The maximum atomic E-state index is 13.3. The van der Waals surface area contributed by atoms with Crippen LogP contribution >= 0.6 is 0 Å². The highest BCUT2D eigenvalue weighted by Crippen LogP contribution is 2.25. The second-order valence-corrected chi connectivity index (χ2v) is 6.45. The van der Waals surface area contributed by atoms with Gasteiger partial charge in [-0.2, -0.15) is 0 Å². The molecule has 0 radical (unpaired) electrons. The Labute approximate surface area is 152 Å². The van der Waals surface area contributed by atoms with Gasteiger partial charge < -0.3 is 15.0 Å². The third kappa shape index (κ3) is 3.29. The summed E-state index contributed by atoms with van der Waals surface area (Å²) >= 11 is 0. The van der Waals surface area contributed by atoms with Crippen LogP contribution in [-0.2, 0) is 17.8 Å². The van der Waals surface area contributed by atoms with Gasteiger partial charge in [-0.1, -0.05) is 19.1 Å². The molecule has 1 aromatic carbocycles. The summed E-state index contributed by atoms with van der Waals surface area (Å²) in [7, 11) is 1.58. The van der Waals surface area contributed by atoms with Crippen LogP contribution in [0, 0.1) is 0 Å². The number of carbonyl (C=O) groups is 1. The van der Waals surface area contributed by atoms with Crippen molar-refractivity contribution in [2.45, 2.75) is 39.3 Å². The van der Waals surface area contributed by atoms with Crippen LogP contribution < -0.4 is 15.6 Å². The number of ether oxygens (including phenoxy) is 1. The Morgan fingerprint density at radius 3 is 2.85 bits per heavy atom. The van der Waals surface area contributed by atoms with Crippen LogP contribution in [-0.4, -0.2) is 40.6 Å². The number of methoxy groups -OCH3 is 1. The number of fused-ring (bicyclic) bond motifs is 1. The molecule has 1 amide bonds. The SMILES string of the molecule is CCC(C)Nc1nc2c(c(=O)n1-c1ccccc1OC)CCN(C=O)C2. The van der Waals surface area contributed by atoms with Gasteiger partial charge in [0.05, 0.1) is 25.0 Å². The van der Waals surface area contributed by atoms with E-state index in [-0.39, 0.29) is 11.6 Å². The number of carbonyl (C=O) groups excluding carboxylic acids is 1. The summed E-state index contributed by atoms with van der Waals surface area (Å²) in [5.74, 6) is 1.08. The lowest BCUT2D eigenvalue weighted by Crippen LogP contribution is -2.38. The minimum absolute atomic E-state index is 0.115. The molecule has 0 saturated carbocycles. The first kappa shape index (κ1) is 18.0. The topological polar surface area (TPSA) is 76.5 Å². The first-order chi connectivity index (χ1) is 12.6. The molecule has 1 aliphatic heterocycles. The lowest BCUT2D eigenvalue weighted by atomic mass is 10.1. The fraction of sp³-hybridized carbons (Fsp3) is 0.421. The Morgan fingerprint density at radius 1 is 1.38 bits per heavy atom. The number of amides is 1. The number of para-hydroxylation sites is 2. The first-order valence-corrected chi connectivity index (χ1v) is 8.83. The Balaban J connectivity index is 2.21. The van der Waals surface area contributed by atoms with E-state index < -0.39 is 0 Å². The highest BCUT2D eigenvalue weighted by atomic mass is 16.5. The fourth-order valence-electron chi connectivity index (χ4n) is 3.06. The van der Waals surface area contributed by atoms with Crippen LogP contribution in [0.2, 0.25) is 0 Å². The van der Waals surface area contributed by atoms with E-state index >= 15 is 0 Å². The van der Waals surface area contributed by atoms with E-state index in [0.717, 1.165) is 12.8 Å². The second kappa shape index (κ2) is 7.59. The number of rotatable bonds is 6. The predicted molar refractivity (Wildman–Crippen MR) is 99.9 cm³/mol. The number of hydrogen-bond donors (Lipinski definition) is 1. The second-order valence-electron chi connectivity index (χ2n) is 6.45. The standard InChI is InChI=1S/C19H24N4O3/c1-4-13(2)20-19-21-15-11-22(12-24)10-9-14(15)18(25)23(19)16-7-5-6-8-17(16)26-3/h5-8,12-13H,4,9-11H2,1-3H3,(H,20,21). The minimum atomic E-state index is -0.115. The van der Waals surface area contributed by atoms with Crippen molar-refractivity contribution in [3.8, 4) is 11.4 Å². The zero-order valence-corrected chi connectivity index (χ0v) is 15.4. The molecule has 3 rings (SSSR count). The van der Waals surface area contributed by atoms with Gasteiger partial charge in [-0.3, -0.25) is 9.59 Å². The van der Waals surface area contributed by atoms with Crippen molar-refractivity contribution in [1.82, 2.24) is 14.5 Å². The van der Waals surface area contributed by atoms with E-state index in [1.807, 2.05) is 31.2 Å². The molecule has 0 spiro atoms. The van der Waals surface area contributed by atoms with Gasteiger partial charge in [0.2, 0.25) is 12.4 Å². The normalized spacial score (nSPS) is 14.5. The van der Waals surface area contributed by atoms with Crippen LogP contribution in [0.3, 0.4) is 0 Å². The molecule has 1 atom stereocenters. The van der Waals surface area contributed by atoms with Gasteiger partial charge in [0.1, 0.15) is 5.75 Å². The van der Waals surface area contributed by atoms with Gasteiger partial charge in [-0.25, -0.2) is 9.55 Å². The Hall–Kier alpha value is -2.83. The van der Waals surface area contributed by atoms with E-state index in [1.54, 1.807) is 16.6 Å². The van der Waals surface area contributed by atoms with Gasteiger partial charge in [0.25, 0.3) is 5.56 Å². The minimum Gasteiger partial charge on any atom is -0.495 e. The van der Waals surface area contributed by atoms with E-state index in [0.29, 0.717) is 48.2 Å². The number of aromatic nitrogens is 2. The van der Waals surface area contributed by atoms with Crippen LogP contribution in [0.5, 0.6) is 5.75 Å². The van der Waals surface area contributed by atoms with E-state index in [4.69, 9.17) is 9.72 Å². The fourth-order valence-corrected chi connectivity index (χ4v) is 3.06. The number of nitrogens with one attached hydrogen (secondary N) is 1. The smallest absolute Gasteiger partial charge is 0.263 e. The maximum Gasteiger partial charge on any atom is 0.263 e. The van der Waals surface area contributed by atoms with Crippen molar-refractivity contribution in [2.24, 2.45) is 0 Å². The summed E-state index contributed by atoms with van der Waals surface area (Å²) in [6, 6.07) is 7.54. The van der Waals surface area contributed by atoms with Crippen molar-refractivity contribution in [3.63, 3.8) is 0 Å². The molecular weight excluding hydrogens is 332 g/mol. The number of benzene rings is 1. The van der Waals surface area contributed by atoms with Crippen LogP contribution in [0.4, 0.5) is 5.95 Å². The summed E-state index contributed by atoms with van der Waals surface area (Å²) in [5.41, 5.74) is 1.85. The molecule has 1 aromatic heterocycles. The third-order valence-corrected chi connectivity index (χ3v) is 4.73. The van der Waals surface area contributed by atoms with Crippen LogP contribution in [0.25, 0.3) is 5.69 Å². The lowest BCUT2D eigenvalue weighted by molar-refractivity contribution is -0.119. The average Bonchev–Trinajstić information content (AvgIpc) is 2.67. The van der Waals surface area contributed by atoms with Gasteiger partial charge in [0.15, 0.2) is 0 Å². The van der Waals surface area contributed by atoms with E-state index in [9.17, 15) is 9.59 Å². The third-order valence-electron chi connectivity index (χ3n) is 4.73. The molecule has 0 saturated heterocycles. The number of hydrogen-bond acceptors (Lipinski definition) is 5. The summed E-state index contributed by atoms with van der Waals surface area (Å²) in [6.45, 7) is 4.99. The zero-order chi connectivity index (χ0) is 18.7. The molecule has 7 nitrogen and oxygen atoms in total. The van der Waals surface area contributed by atoms with Gasteiger partial charge in [-0.05, 0) is 31.9 Å². The summed E-state index contributed by atoms with van der Waals surface area (Å²) in [4.78, 5) is 30.7. The number of anilines is 1. The van der Waals surface area contributed by atoms with E-state index in [1.165, 1.54) is 0 Å². The molecule has 1 unspecified atom stereocenters. The van der Waals surface area contributed by atoms with Crippen molar-refractivity contribution < 1.29 is 9.53 Å². The summed E-state index contributed by atoms with van der Waals surface area (Å²) in [5, 5.41) is 3.32. The highest BCUT2D eigenvalue weighted by molar-refractivity contribution is 5.53. The number of nitrogens with zero attached hydrogens (tertiary/aromatic N) is 3. The largest absolute Gasteiger partial charge is 0.495 e. The molecule has 1 aliphatic rings. The predicted octanol–water partition coefficient (Wildman–Crippen LogP) is 1.97. The molecule has 138 valence electrons. The molecule has 1 N–H and O–H groups in total. The molecule has 2 heterocycles. The van der Waals surface area contributed by atoms with Gasteiger partial charge in [0, 0.05) is 18.2 Å². The van der Waals surface area contributed by atoms with Crippen LogP contribution in [0.1, 0.15) is 31.5 Å². The lowest BCUT2D eigenvalue weighted by Gasteiger charge is -2.27. The highest BCUT2D eigenvalue weighted by Gasteiger charge is 2.24. The molecule has 0 aliphatic carbocycles. The van der Waals surface area contributed by atoms with Gasteiger partial charge >= 0.3 is 0 Å². The average molecular weight is 356 g/mol. The maximum absolute atomic E-state index is 13.3. The molecule has 2 aromatic rings. The zero-order valence-electron chi connectivity index (χ0n) is 15.4. The molecule has 7 heteroatoms. The Morgan fingerprint density at radius 2 is 2.15 bits per heavy atom. The first-order valence-electron chi connectivity index (χ1n) is 8.83. The monoisotopic (exact) mass is 356 g/mol. The Bertz CT molecular complexity index is 862. The summed E-state index contributed by atoms with van der Waals surface area (Å²) in [6.07, 6.45) is 2.19. The van der Waals surface area contributed by atoms with E-state index in [2.05, 4.69) is 12.2 Å². The van der Waals surface area contributed by atoms with Crippen molar-refractivity contribution >= 4 is 12.4 Å². The summed E-state index contributed by atoms with van der Waals surface area (Å²) < 4.78 is 7.03. The van der Waals surface area contributed by atoms with Gasteiger partial charge in [-0.15, -0.1) is 0 Å². The molecule has 0 fully saturated rings. The van der Waals surface area contributed by atoms with Crippen molar-refractivity contribution in [3.05, 3.63) is 45.9 Å². The molecule has 0 bridgehead atoms. The van der Waals surface area contributed by atoms with Crippen molar-refractivity contribution in [1.29, 1.82) is 0 Å².